The van der Waals surface area contributed by atoms with Crippen LogP contribution < -0.4 is 9.47 Å². The van der Waals surface area contributed by atoms with Crippen LogP contribution in [0.4, 0.5) is 0 Å². The standard InChI is InChI=1S/C38H44N2O6/c1-24(2)21-40(34(42)15-10-26-16-19-44-23-26)30-13-12-29-31-20-28-11-14-32(43-4)36-35(28)38(29,37(30)46-36)17-18-39(31)22-33(45-25(3)41)27-8-6-5-7-9-27/h5-11,14-16,19,23-24,29-31,33,37H,12-13,17-18,20-22H2,1-4H3/t29-,30-,31+,33?,37-,38-/m0/s1. The number of likely N-dealkylation sites (tertiary alicyclic amines) is 1. The fourth-order valence-electron chi connectivity index (χ4n) is 9.00. The number of piperidine rings is 1. The molecular formula is C38H44N2O6. The summed E-state index contributed by atoms with van der Waals surface area (Å²) < 4.78 is 24.1. The normalized spacial score (nSPS) is 26.8. The van der Waals surface area contributed by atoms with Crippen LogP contribution >= 0.6 is 0 Å². The molecule has 2 aliphatic heterocycles. The van der Waals surface area contributed by atoms with Crippen molar-refractivity contribution in [1.82, 2.24) is 9.80 Å². The van der Waals surface area contributed by atoms with Crippen LogP contribution in [0.1, 0.15) is 68.4 Å². The molecule has 6 atom stereocenters. The van der Waals surface area contributed by atoms with Crippen molar-refractivity contribution in [3.63, 3.8) is 0 Å². The Kier molecular flexibility index (Phi) is 8.17. The number of carbonyl (C=O) groups is 2. The highest BCUT2D eigenvalue weighted by molar-refractivity contribution is 5.92. The van der Waals surface area contributed by atoms with Gasteiger partial charge in [-0.05, 0) is 73.4 Å². The van der Waals surface area contributed by atoms with E-state index in [1.807, 2.05) is 48.5 Å². The van der Waals surface area contributed by atoms with Crippen LogP contribution in [0.3, 0.4) is 0 Å². The predicted octanol–water partition coefficient (Wildman–Crippen LogP) is 6.20. The van der Waals surface area contributed by atoms with E-state index in [2.05, 4.69) is 29.7 Å². The number of methoxy groups -OCH3 is 1. The Morgan fingerprint density at radius 1 is 1.13 bits per heavy atom. The second-order valence-corrected chi connectivity index (χ2v) is 13.8. The summed E-state index contributed by atoms with van der Waals surface area (Å²) in [6.45, 7) is 7.96. The molecule has 0 N–H and O–H groups in total. The molecule has 7 rings (SSSR count). The van der Waals surface area contributed by atoms with Gasteiger partial charge in [0.25, 0.3) is 0 Å². The summed E-state index contributed by atoms with van der Waals surface area (Å²) in [7, 11) is 1.71. The van der Waals surface area contributed by atoms with E-state index in [1.54, 1.807) is 25.7 Å². The molecule has 8 nitrogen and oxygen atoms in total. The number of benzene rings is 2. The van der Waals surface area contributed by atoms with Gasteiger partial charge in [0.1, 0.15) is 12.2 Å². The Bertz CT molecular complexity index is 1600. The van der Waals surface area contributed by atoms with Crippen LogP contribution in [-0.4, -0.2) is 66.6 Å². The number of amides is 1. The van der Waals surface area contributed by atoms with Crippen LogP contribution in [0.2, 0.25) is 0 Å². The Labute approximate surface area is 271 Å². The predicted molar refractivity (Wildman–Crippen MR) is 175 cm³/mol. The van der Waals surface area contributed by atoms with Gasteiger partial charge in [-0.15, -0.1) is 0 Å². The largest absolute Gasteiger partial charge is 0.493 e. The number of hydrogen-bond donors (Lipinski definition) is 0. The van der Waals surface area contributed by atoms with E-state index < -0.39 is 0 Å². The van der Waals surface area contributed by atoms with Gasteiger partial charge >= 0.3 is 5.97 Å². The second kappa shape index (κ2) is 12.3. The third-order valence-corrected chi connectivity index (χ3v) is 10.7. The zero-order valence-electron chi connectivity index (χ0n) is 27.2. The molecule has 1 saturated heterocycles. The Hall–Kier alpha value is -4.04. The molecule has 0 radical (unpaired) electrons. The summed E-state index contributed by atoms with van der Waals surface area (Å²) in [6, 6.07) is 16.4. The number of nitrogens with zero attached hydrogens (tertiary/aromatic N) is 2. The Morgan fingerprint density at radius 3 is 2.67 bits per heavy atom. The molecule has 8 heteroatoms. The lowest BCUT2D eigenvalue weighted by molar-refractivity contribution is -0.151. The Balaban J connectivity index is 1.25. The van der Waals surface area contributed by atoms with Gasteiger partial charge in [0.15, 0.2) is 11.5 Å². The van der Waals surface area contributed by atoms with Gasteiger partial charge in [-0.1, -0.05) is 50.2 Å². The molecule has 3 aromatic rings. The number of furan rings is 1. The molecule has 2 aliphatic carbocycles. The third-order valence-electron chi connectivity index (χ3n) is 10.7. The first-order valence-corrected chi connectivity index (χ1v) is 16.6. The minimum atomic E-state index is -0.339. The van der Waals surface area contributed by atoms with Crippen molar-refractivity contribution in [2.24, 2.45) is 11.8 Å². The van der Waals surface area contributed by atoms with Crippen molar-refractivity contribution < 1.29 is 28.2 Å². The van der Waals surface area contributed by atoms with E-state index in [9.17, 15) is 9.59 Å². The highest BCUT2D eigenvalue weighted by Crippen LogP contribution is 2.64. The highest BCUT2D eigenvalue weighted by atomic mass is 16.5. The summed E-state index contributed by atoms with van der Waals surface area (Å²) in [5.74, 6) is 2.00. The molecule has 1 unspecified atom stereocenters. The molecule has 46 heavy (non-hydrogen) atoms. The van der Waals surface area contributed by atoms with Crippen LogP contribution in [0, 0.1) is 11.8 Å². The maximum atomic E-state index is 14.0. The van der Waals surface area contributed by atoms with E-state index in [0.29, 0.717) is 24.9 Å². The molecule has 1 aromatic heterocycles. The number of hydrogen-bond acceptors (Lipinski definition) is 7. The molecular weight excluding hydrogens is 580 g/mol. The second-order valence-electron chi connectivity index (χ2n) is 13.8. The van der Waals surface area contributed by atoms with Gasteiger partial charge in [0, 0.05) is 48.7 Å². The fourth-order valence-corrected chi connectivity index (χ4v) is 9.00. The van der Waals surface area contributed by atoms with Gasteiger partial charge in [0.05, 0.1) is 25.7 Å². The van der Waals surface area contributed by atoms with E-state index >= 15 is 0 Å². The summed E-state index contributed by atoms with van der Waals surface area (Å²) in [6.07, 6.45) is 9.90. The average molecular weight is 625 g/mol. The lowest BCUT2D eigenvalue weighted by Crippen LogP contribution is -2.69. The van der Waals surface area contributed by atoms with E-state index in [4.69, 9.17) is 18.6 Å². The molecule has 3 heterocycles. The maximum Gasteiger partial charge on any atom is 0.303 e. The first kappa shape index (κ1) is 30.6. The van der Waals surface area contributed by atoms with Crippen LogP contribution in [0.5, 0.6) is 11.5 Å². The number of ether oxygens (including phenoxy) is 3. The van der Waals surface area contributed by atoms with Gasteiger partial charge in [-0.25, -0.2) is 0 Å². The number of carbonyl (C=O) groups excluding carboxylic acids is 2. The first-order valence-electron chi connectivity index (χ1n) is 16.6. The molecule has 1 saturated carbocycles. The lowest BCUT2D eigenvalue weighted by atomic mass is 9.51. The van der Waals surface area contributed by atoms with Gasteiger partial charge in [-0.3, -0.25) is 14.5 Å². The fraction of sp³-hybridized carbons (Fsp3) is 0.474. The van der Waals surface area contributed by atoms with Crippen LogP contribution in [-0.2, 0) is 26.2 Å². The number of rotatable bonds is 10. The van der Waals surface area contributed by atoms with Crippen molar-refractivity contribution in [2.75, 3.05) is 26.7 Å². The third kappa shape index (κ3) is 5.20. The quantitative estimate of drug-likeness (QED) is 0.196. The summed E-state index contributed by atoms with van der Waals surface area (Å²) in [5.41, 5.74) is 4.25. The van der Waals surface area contributed by atoms with E-state index in [1.165, 1.54) is 18.1 Å². The van der Waals surface area contributed by atoms with Gasteiger partial charge in [-0.2, -0.15) is 0 Å². The summed E-state index contributed by atoms with van der Waals surface area (Å²) in [4.78, 5) is 30.8. The molecule has 1 amide bonds. The van der Waals surface area contributed by atoms with Crippen molar-refractivity contribution in [3.05, 3.63) is 89.4 Å². The van der Waals surface area contributed by atoms with Crippen molar-refractivity contribution in [2.45, 2.75) is 76.2 Å². The molecule has 1 spiro atoms. The smallest absolute Gasteiger partial charge is 0.303 e. The minimum absolute atomic E-state index is 0.00151. The number of esters is 1. The molecule has 4 aliphatic rings. The van der Waals surface area contributed by atoms with E-state index in [-0.39, 0.29) is 41.6 Å². The first-order chi connectivity index (χ1) is 22.3. The molecule has 2 aromatic carbocycles. The van der Waals surface area contributed by atoms with Crippen molar-refractivity contribution in [1.29, 1.82) is 0 Å². The van der Waals surface area contributed by atoms with Gasteiger partial charge < -0.3 is 23.5 Å². The van der Waals surface area contributed by atoms with Crippen molar-refractivity contribution >= 4 is 18.0 Å². The highest BCUT2D eigenvalue weighted by Gasteiger charge is 2.66. The minimum Gasteiger partial charge on any atom is -0.493 e. The SMILES string of the molecule is COc1ccc2c3c1O[C@H]1[C@@H](N(CC(C)C)C(=O)C=Cc4ccoc4)CC[C@H]4[C@@H](C2)N(CC(OC(C)=O)c2ccccc2)CC[C@@]341. The molecule has 2 fully saturated rings. The molecule has 2 bridgehead atoms. The summed E-state index contributed by atoms with van der Waals surface area (Å²) >= 11 is 0. The van der Waals surface area contributed by atoms with Gasteiger partial charge in [0.2, 0.25) is 5.91 Å². The lowest BCUT2D eigenvalue weighted by Gasteiger charge is -2.60. The van der Waals surface area contributed by atoms with Crippen LogP contribution in [0.25, 0.3) is 6.08 Å². The zero-order chi connectivity index (χ0) is 32.0. The zero-order valence-corrected chi connectivity index (χ0v) is 27.2. The van der Waals surface area contributed by atoms with E-state index in [0.717, 1.165) is 54.9 Å². The maximum absolute atomic E-state index is 14.0. The van der Waals surface area contributed by atoms with Crippen molar-refractivity contribution in [3.8, 4) is 11.5 Å². The average Bonchev–Trinajstić information content (AvgIpc) is 3.69. The summed E-state index contributed by atoms with van der Waals surface area (Å²) in [5, 5.41) is 0. The Morgan fingerprint density at radius 2 is 1.96 bits per heavy atom. The molecule has 242 valence electrons. The van der Waals surface area contributed by atoms with Crippen LogP contribution in [0.15, 0.2) is 71.6 Å². The topological polar surface area (TPSA) is 81.5 Å². The monoisotopic (exact) mass is 624 g/mol.